The normalized spacial score (nSPS) is 11.0. The maximum atomic E-state index is 12.3. The lowest BCUT2D eigenvalue weighted by atomic mass is 10.1. The highest BCUT2D eigenvalue weighted by molar-refractivity contribution is 7.19. The van der Waals surface area contributed by atoms with Gasteiger partial charge in [-0.2, -0.15) is 9.61 Å². The molecule has 2 aromatic heterocycles. The number of carbonyl (C=O) groups is 1. The molecule has 0 bridgehead atoms. The predicted octanol–water partition coefficient (Wildman–Crippen LogP) is 3.80. The molecule has 28 heavy (non-hydrogen) atoms. The van der Waals surface area contributed by atoms with Crippen molar-refractivity contribution in [3.8, 4) is 16.3 Å². The fourth-order valence-electron chi connectivity index (χ4n) is 2.92. The van der Waals surface area contributed by atoms with E-state index in [1.165, 1.54) is 11.3 Å². The first kappa shape index (κ1) is 18.1. The van der Waals surface area contributed by atoms with Crippen LogP contribution in [0.2, 0.25) is 0 Å². The summed E-state index contributed by atoms with van der Waals surface area (Å²) >= 11 is 1.45. The number of rotatable bonds is 5. The van der Waals surface area contributed by atoms with Crippen molar-refractivity contribution in [3.05, 3.63) is 59.4 Å². The highest BCUT2D eigenvalue weighted by Gasteiger charge is 2.11. The molecule has 2 heterocycles. The van der Waals surface area contributed by atoms with Crippen molar-refractivity contribution in [1.29, 1.82) is 0 Å². The van der Waals surface area contributed by atoms with Crippen LogP contribution in [0, 0.1) is 20.8 Å². The van der Waals surface area contributed by atoms with Crippen molar-refractivity contribution in [3.63, 3.8) is 0 Å². The second-order valence-corrected chi connectivity index (χ2v) is 7.55. The molecule has 0 radical (unpaired) electrons. The molecule has 0 saturated carbocycles. The summed E-state index contributed by atoms with van der Waals surface area (Å²) in [5.41, 5.74) is 3.80. The van der Waals surface area contributed by atoms with Crippen LogP contribution < -0.4 is 10.1 Å². The van der Waals surface area contributed by atoms with Crippen molar-refractivity contribution in [2.45, 2.75) is 20.8 Å². The second kappa shape index (κ2) is 7.40. The molecule has 0 unspecified atom stereocenters. The highest BCUT2D eigenvalue weighted by atomic mass is 32.1. The summed E-state index contributed by atoms with van der Waals surface area (Å²) in [5.74, 6) is 1.22. The van der Waals surface area contributed by atoms with Crippen molar-refractivity contribution in [2.24, 2.45) is 0 Å². The van der Waals surface area contributed by atoms with Crippen LogP contribution in [0.5, 0.6) is 5.75 Å². The predicted molar refractivity (Wildman–Crippen MR) is 109 cm³/mol. The van der Waals surface area contributed by atoms with E-state index in [4.69, 9.17) is 4.74 Å². The van der Waals surface area contributed by atoms with E-state index in [0.717, 1.165) is 32.5 Å². The fraction of sp³-hybridized carbons (Fsp3) is 0.200. The Morgan fingerprint density at radius 2 is 1.89 bits per heavy atom. The number of hydrogen-bond acceptors (Lipinski definition) is 6. The van der Waals surface area contributed by atoms with Gasteiger partial charge in [0.05, 0.1) is 0 Å². The summed E-state index contributed by atoms with van der Waals surface area (Å²) in [6.07, 6.45) is 0. The van der Waals surface area contributed by atoms with Crippen molar-refractivity contribution in [2.75, 3.05) is 11.9 Å². The van der Waals surface area contributed by atoms with Crippen LogP contribution >= 0.6 is 11.3 Å². The van der Waals surface area contributed by atoms with Crippen LogP contribution in [0.4, 0.5) is 5.69 Å². The largest absolute Gasteiger partial charge is 0.484 e. The molecule has 0 fully saturated rings. The van der Waals surface area contributed by atoms with E-state index in [1.54, 1.807) is 4.52 Å². The lowest BCUT2D eigenvalue weighted by Gasteiger charge is -2.09. The van der Waals surface area contributed by atoms with Gasteiger partial charge in [-0.05, 0) is 56.2 Å². The molecule has 1 N–H and O–H groups in total. The van der Waals surface area contributed by atoms with E-state index in [-0.39, 0.29) is 12.5 Å². The molecular formula is C20H19N5O2S. The Balaban J connectivity index is 1.44. The van der Waals surface area contributed by atoms with Crippen LogP contribution in [-0.4, -0.2) is 32.3 Å². The standard InChI is InChI=1S/C20H19N5O2S/c1-12-7-13(2)9-17(8-12)27-11-18(26)21-16-6-4-5-15(10-16)19-24-25-14(3)22-23-20(25)28-19/h4-10H,11H2,1-3H3,(H,21,26). The highest BCUT2D eigenvalue weighted by Crippen LogP contribution is 2.27. The van der Waals surface area contributed by atoms with E-state index < -0.39 is 0 Å². The summed E-state index contributed by atoms with van der Waals surface area (Å²) in [6, 6.07) is 13.4. The number of nitrogens with one attached hydrogen (secondary N) is 1. The molecule has 0 atom stereocenters. The van der Waals surface area contributed by atoms with Gasteiger partial charge in [0.15, 0.2) is 12.4 Å². The number of nitrogens with zero attached hydrogens (tertiary/aromatic N) is 4. The second-order valence-electron chi connectivity index (χ2n) is 6.59. The molecule has 0 aliphatic carbocycles. The molecule has 0 aliphatic heterocycles. The third-order valence-corrected chi connectivity index (χ3v) is 5.05. The zero-order valence-electron chi connectivity index (χ0n) is 15.8. The van der Waals surface area contributed by atoms with E-state index in [9.17, 15) is 4.79 Å². The maximum Gasteiger partial charge on any atom is 0.262 e. The number of amides is 1. The first-order valence-corrected chi connectivity index (χ1v) is 9.60. The van der Waals surface area contributed by atoms with Crippen LogP contribution in [0.25, 0.3) is 15.5 Å². The van der Waals surface area contributed by atoms with Gasteiger partial charge in [0, 0.05) is 11.3 Å². The van der Waals surface area contributed by atoms with Gasteiger partial charge in [-0.3, -0.25) is 4.79 Å². The smallest absolute Gasteiger partial charge is 0.262 e. The Bertz CT molecular complexity index is 1140. The van der Waals surface area contributed by atoms with Gasteiger partial charge in [-0.1, -0.05) is 29.5 Å². The van der Waals surface area contributed by atoms with Crippen molar-refractivity contribution in [1.82, 2.24) is 19.8 Å². The van der Waals surface area contributed by atoms with Gasteiger partial charge in [-0.15, -0.1) is 10.2 Å². The molecule has 4 aromatic rings. The maximum absolute atomic E-state index is 12.3. The van der Waals surface area contributed by atoms with Gasteiger partial charge in [0.2, 0.25) is 4.96 Å². The van der Waals surface area contributed by atoms with E-state index >= 15 is 0 Å². The third kappa shape index (κ3) is 3.86. The molecule has 4 rings (SSSR count). The van der Waals surface area contributed by atoms with Crippen LogP contribution in [0.3, 0.4) is 0 Å². The lowest BCUT2D eigenvalue weighted by molar-refractivity contribution is -0.118. The Morgan fingerprint density at radius 3 is 2.64 bits per heavy atom. The number of fused-ring (bicyclic) bond motifs is 1. The fourth-order valence-corrected chi connectivity index (χ4v) is 3.80. The van der Waals surface area contributed by atoms with Crippen molar-refractivity contribution < 1.29 is 9.53 Å². The van der Waals surface area contributed by atoms with Gasteiger partial charge < -0.3 is 10.1 Å². The zero-order chi connectivity index (χ0) is 19.7. The van der Waals surface area contributed by atoms with Gasteiger partial charge in [0.1, 0.15) is 10.8 Å². The quantitative estimate of drug-likeness (QED) is 0.558. The minimum Gasteiger partial charge on any atom is -0.484 e. The van der Waals surface area contributed by atoms with Gasteiger partial charge in [0.25, 0.3) is 5.91 Å². The average Bonchev–Trinajstić information content (AvgIpc) is 3.22. The zero-order valence-corrected chi connectivity index (χ0v) is 16.6. The molecular weight excluding hydrogens is 374 g/mol. The van der Waals surface area contributed by atoms with Gasteiger partial charge >= 0.3 is 0 Å². The minimum atomic E-state index is -0.217. The van der Waals surface area contributed by atoms with E-state index in [2.05, 4.69) is 26.7 Å². The van der Waals surface area contributed by atoms with Crippen molar-refractivity contribution >= 4 is 27.9 Å². The number of anilines is 1. The lowest BCUT2D eigenvalue weighted by Crippen LogP contribution is -2.20. The summed E-state index contributed by atoms with van der Waals surface area (Å²) in [4.78, 5) is 13.0. The summed E-state index contributed by atoms with van der Waals surface area (Å²) in [6.45, 7) is 5.80. The average molecular weight is 393 g/mol. The number of benzene rings is 2. The summed E-state index contributed by atoms with van der Waals surface area (Å²) in [5, 5.41) is 16.3. The first-order valence-electron chi connectivity index (χ1n) is 8.78. The molecule has 1 amide bonds. The minimum absolute atomic E-state index is 0.0525. The monoisotopic (exact) mass is 393 g/mol. The number of hydrogen-bond donors (Lipinski definition) is 1. The summed E-state index contributed by atoms with van der Waals surface area (Å²) < 4.78 is 7.33. The molecule has 0 aliphatic rings. The number of ether oxygens (including phenoxy) is 1. The Hall–Kier alpha value is -3.26. The number of carbonyl (C=O) groups excluding carboxylic acids is 1. The van der Waals surface area contributed by atoms with Gasteiger partial charge in [-0.25, -0.2) is 0 Å². The van der Waals surface area contributed by atoms with Crippen LogP contribution in [0.1, 0.15) is 17.0 Å². The Labute approximate surface area is 166 Å². The Morgan fingerprint density at radius 1 is 1.11 bits per heavy atom. The number of aryl methyl sites for hydroxylation is 3. The van der Waals surface area contributed by atoms with E-state index in [0.29, 0.717) is 11.4 Å². The molecule has 8 heteroatoms. The van der Waals surface area contributed by atoms with E-state index in [1.807, 2.05) is 57.2 Å². The first-order chi connectivity index (χ1) is 13.5. The Kier molecular flexibility index (Phi) is 4.79. The molecule has 142 valence electrons. The summed E-state index contributed by atoms with van der Waals surface area (Å²) in [7, 11) is 0. The topological polar surface area (TPSA) is 81.4 Å². The molecule has 0 spiro atoms. The molecule has 0 saturated heterocycles. The molecule has 2 aromatic carbocycles. The SMILES string of the molecule is Cc1cc(C)cc(OCC(=O)Nc2cccc(-c3nn4c(C)nnc4s3)c2)c1. The van der Waals surface area contributed by atoms with Crippen LogP contribution in [-0.2, 0) is 4.79 Å². The third-order valence-electron chi connectivity index (χ3n) is 4.11. The number of aromatic nitrogens is 4. The van der Waals surface area contributed by atoms with Crippen LogP contribution in [0.15, 0.2) is 42.5 Å². The molecule has 7 nitrogen and oxygen atoms in total.